The molecular formula is C25H28N4O3S. The predicted molar refractivity (Wildman–Crippen MR) is 129 cm³/mol. The summed E-state index contributed by atoms with van der Waals surface area (Å²) in [5, 5.41) is 5.82. The van der Waals surface area contributed by atoms with Crippen LogP contribution >= 0.6 is 0 Å². The molecule has 1 aliphatic rings. The summed E-state index contributed by atoms with van der Waals surface area (Å²) >= 11 is 0. The van der Waals surface area contributed by atoms with E-state index in [1.165, 1.54) is 9.71 Å². The van der Waals surface area contributed by atoms with Crippen LogP contribution in [0.25, 0.3) is 6.08 Å². The van der Waals surface area contributed by atoms with Gasteiger partial charge in [-0.3, -0.25) is 9.48 Å². The Bertz CT molecular complexity index is 1240. The minimum atomic E-state index is -3.54. The molecule has 172 valence electrons. The fourth-order valence-corrected chi connectivity index (χ4v) is 5.21. The summed E-state index contributed by atoms with van der Waals surface area (Å²) in [5.41, 5.74) is 4.06. The third-order valence-electron chi connectivity index (χ3n) is 5.89. The van der Waals surface area contributed by atoms with Crippen molar-refractivity contribution < 1.29 is 13.2 Å². The van der Waals surface area contributed by atoms with Crippen LogP contribution in [-0.4, -0.2) is 59.5 Å². The summed E-state index contributed by atoms with van der Waals surface area (Å²) < 4.78 is 28.7. The van der Waals surface area contributed by atoms with E-state index in [1.807, 2.05) is 79.2 Å². The number of sulfonamides is 1. The molecule has 0 bridgehead atoms. The number of benzene rings is 2. The zero-order valence-corrected chi connectivity index (χ0v) is 19.7. The van der Waals surface area contributed by atoms with Gasteiger partial charge in [0.25, 0.3) is 5.91 Å². The first-order chi connectivity index (χ1) is 15.8. The summed E-state index contributed by atoms with van der Waals surface area (Å²) in [6.45, 7) is 5.58. The molecule has 0 aliphatic carbocycles. The number of carbonyl (C=O) groups excluding carboxylic acids is 1. The smallest absolute Gasteiger partial charge is 0.257 e. The van der Waals surface area contributed by atoms with Gasteiger partial charge in [0.05, 0.1) is 17.8 Å². The maximum absolute atomic E-state index is 13.3. The quantitative estimate of drug-likeness (QED) is 0.561. The number of hydrogen-bond acceptors (Lipinski definition) is 4. The highest BCUT2D eigenvalue weighted by Crippen LogP contribution is 2.19. The number of aryl methyl sites for hydroxylation is 1. The molecule has 0 unspecified atom stereocenters. The van der Waals surface area contributed by atoms with E-state index in [-0.39, 0.29) is 19.0 Å². The summed E-state index contributed by atoms with van der Waals surface area (Å²) in [7, 11) is -3.54. The van der Waals surface area contributed by atoms with Crippen molar-refractivity contribution in [2.24, 2.45) is 0 Å². The van der Waals surface area contributed by atoms with E-state index in [2.05, 4.69) is 5.10 Å². The lowest BCUT2D eigenvalue weighted by Gasteiger charge is -2.33. The van der Waals surface area contributed by atoms with Crippen LogP contribution in [0, 0.1) is 13.8 Å². The van der Waals surface area contributed by atoms with Crippen molar-refractivity contribution in [2.45, 2.75) is 20.4 Å². The van der Waals surface area contributed by atoms with Crippen LogP contribution in [0.2, 0.25) is 0 Å². The molecule has 2 aromatic carbocycles. The van der Waals surface area contributed by atoms with E-state index in [4.69, 9.17) is 0 Å². The topological polar surface area (TPSA) is 75.5 Å². The molecule has 2 heterocycles. The molecule has 0 spiro atoms. The molecule has 1 saturated heterocycles. The van der Waals surface area contributed by atoms with Crippen LogP contribution in [0.1, 0.15) is 32.9 Å². The van der Waals surface area contributed by atoms with Crippen LogP contribution in [0.3, 0.4) is 0 Å². The monoisotopic (exact) mass is 464 g/mol. The Morgan fingerprint density at radius 1 is 0.939 bits per heavy atom. The maximum Gasteiger partial charge on any atom is 0.257 e. The Kier molecular flexibility index (Phi) is 6.76. The first-order valence-electron chi connectivity index (χ1n) is 11.0. The Hall–Kier alpha value is -3.23. The van der Waals surface area contributed by atoms with Crippen molar-refractivity contribution in [1.29, 1.82) is 0 Å². The first kappa shape index (κ1) is 22.9. The third kappa shape index (κ3) is 5.23. The number of aromatic nitrogens is 2. The van der Waals surface area contributed by atoms with Crippen LogP contribution in [0.4, 0.5) is 0 Å². The van der Waals surface area contributed by atoms with E-state index in [0.29, 0.717) is 30.9 Å². The Morgan fingerprint density at radius 3 is 2.18 bits per heavy atom. The molecule has 0 atom stereocenters. The highest BCUT2D eigenvalue weighted by molar-refractivity contribution is 7.92. The Morgan fingerprint density at radius 2 is 1.55 bits per heavy atom. The third-order valence-corrected chi connectivity index (χ3v) is 7.45. The normalized spacial score (nSPS) is 15.3. The lowest BCUT2D eigenvalue weighted by atomic mass is 10.1. The fraction of sp³-hybridized carbons (Fsp3) is 0.280. The molecule has 4 rings (SSSR count). The SMILES string of the molecule is Cc1nn(Cc2ccccc2)c(C)c1C(=O)N1CCN(S(=O)(=O)/C=C/c2ccccc2)CC1. The van der Waals surface area contributed by atoms with Gasteiger partial charge in [-0.15, -0.1) is 0 Å². The molecule has 33 heavy (non-hydrogen) atoms. The first-order valence-corrected chi connectivity index (χ1v) is 12.5. The lowest BCUT2D eigenvalue weighted by Crippen LogP contribution is -2.50. The summed E-state index contributed by atoms with van der Waals surface area (Å²) in [6.07, 6.45) is 1.60. The Labute approximate surface area is 195 Å². The van der Waals surface area contributed by atoms with Gasteiger partial charge in [0.2, 0.25) is 10.0 Å². The molecule has 1 fully saturated rings. The maximum atomic E-state index is 13.3. The average Bonchev–Trinajstić information content (AvgIpc) is 3.11. The van der Waals surface area contributed by atoms with E-state index in [0.717, 1.165) is 16.8 Å². The van der Waals surface area contributed by atoms with Gasteiger partial charge in [0, 0.05) is 37.3 Å². The van der Waals surface area contributed by atoms with Gasteiger partial charge in [-0.2, -0.15) is 9.40 Å². The standard InChI is InChI=1S/C25H28N4O3S/c1-20-24(21(2)29(26-20)19-23-11-7-4-8-12-23)25(30)27-14-16-28(17-15-27)33(31,32)18-13-22-9-5-3-6-10-22/h3-13,18H,14-17,19H2,1-2H3/b18-13+. The van der Waals surface area contributed by atoms with Crippen molar-refractivity contribution in [2.75, 3.05) is 26.2 Å². The molecule has 1 aromatic heterocycles. The van der Waals surface area contributed by atoms with Crippen molar-refractivity contribution >= 4 is 22.0 Å². The predicted octanol–water partition coefficient (Wildman–Crippen LogP) is 3.31. The van der Waals surface area contributed by atoms with Gasteiger partial charge < -0.3 is 4.90 Å². The van der Waals surface area contributed by atoms with Crippen LogP contribution in [0.5, 0.6) is 0 Å². The Balaban J connectivity index is 1.42. The van der Waals surface area contributed by atoms with Gasteiger partial charge in [-0.25, -0.2) is 8.42 Å². The van der Waals surface area contributed by atoms with Crippen molar-refractivity contribution in [3.05, 3.63) is 94.1 Å². The van der Waals surface area contributed by atoms with Gasteiger partial charge in [0.15, 0.2) is 0 Å². The van der Waals surface area contributed by atoms with Crippen LogP contribution < -0.4 is 0 Å². The molecule has 3 aromatic rings. The van der Waals surface area contributed by atoms with Gasteiger partial charge in [-0.1, -0.05) is 60.7 Å². The second-order valence-corrected chi connectivity index (χ2v) is 9.96. The zero-order chi connectivity index (χ0) is 23.4. The molecule has 7 nitrogen and oxygen atoms in total. The number of nitrogens with zero attached hydrogens (tertiary/aromatic N) is 4. The second-order valence-electron chi connectivity index (χ2n) is 8.14. The molecular weight excluding hydrogens is 436 g/mol. The minimum absolute atomic E-state index is 0.0961. The largest absolute Gasteiger partial charge is 0.336 e. The number of carbonyl (C=O) groups is 1. The van der Waals surface area contributed by atoms with Gasteiger partial charge in [0.1, 0.15) is 0 Å². The summed E-state index contributed by atoms with van der Waals surface area (Å²) in [5.74, 6) is -0.0961. The number of amides is 1. The lowest BCUT2D eigenvalue weighted by molar-refractivity contribution is 0.0697. The van der Waals surface area contributed by atoms with Gasteiger partial charge >= 0.3 is 0 Å². The molecule has 0 saturated carbocycles. The average molecular weight is 465 g/mol. The van der Waals surface area contributed by atoms with Gasteiger partial charge in [-0.05, 0) is 31.1 Å². The highest BCUT2D eigenvalue weighted by Gasteiger charge is 2.30. The van der Waals surface area contributed by atoms with Crippen LogP contribution in [-0.2, 0) is 16.6 Å². The molecule has 0 N–H and O–H groups in total. The number of hydrogen-bond donors (Lipinski definition) is 0. The molecule has 1 aliphatic heterocycles. The fourth-order valence-electron chi connectivity index (χ4n) is 4.04. The molecule has 8 heteroatoms. The van der Waals surface area contributed by atoms with Crippen LogP contribution in [0.15, 0.2) is 66.1 Å². The van der Waals surface area contributed by atoms with Crippen molar-refractivity contribution in [1.82, 2.24) is 19.0 Å². The summed E-state index contributed by atoms with van der Waals surface area (Å²) in [4.78, 5) is 15.0. The second kappa shape index (κ2) is 9.72. The number of rotatable bonds is 6. The van der Waals surface area contributed by atoms with E-state index < -0.39 is 10.0 Å². The van der Waals surface area contributed by atoms with E-state index in [9.17, 15) is 13.2 Å². The molecule has 1 amide bonds. The number of piperazine rings is 1. The zero-order valence-electron chi connectivity index (χ0n) is 18.9. The van der Waals surface area contributed by atoms with E-state index in [1.54, 1.807) is 11.0 Å². The highest BCUT2D eigenvalue weighted by atomic mass is 32.2. The van der Waals surface area contributed by atoms with Crippen molar-refractivity contribution in [3.63, 3.8) is 0 Å². The molecule has 0 radical (unpaired) electrons. The minimum Gasteiger partial charge on any atom is -0.336 e. The van der Waals surface area contributed by atoms with E-state index >= 15 is 0 Å². The van der Waals surface area contributed by atoms with Crippen molar-refractivity contribution in [3.8, 4) is 0 Å². The summed E-state index contributed by atoms with van der Waals surface area (Å²) in [6, 6.07) is 19.3.